The second kappa shape index (κ2) is 10.4. The molecule has 2 aromatic carbocycles. The van der Waals surface area contributed by atoms with Crippen LogP contribution in [0.15, 0.2) is 52.5 Å². The van der Waals surface area contributed by atoms with Crippen molar-refractivity contribution in [3.63, 3.8) is 0 Å². The van der Waals surface area contributed by atoms with Gasteiger partial charge in [0.2, 0.25) is 11.8 Å². The van der Waals surface area contributed by atoms with Crippen LogP contribution in [0.3, 0.4) is 0 Å². The van der Waals surface area contributed by atoms with Gasteiger partial charge in [0.1, 0.15) is 0 Å². The highest BCUT2D eigenvalue weighted by Crippen LogP contribution is 2.66. The SMILES string of the molecule is CCc1ccc(N2C(=O)C3CC=C4C(CC5(Cl)C(=O)N(CBr)C(=O)C5(Cl)C4c4cc(Br)c(O)c(OC)c4)C3C2=O)cc1. The first-order valence-electron chi connectivity index (χ1n) is 13.5. The predicted molar refractivity (Wildman–Crippen MR) is 164 cm³/mol. The lowest BCUT2D eigenvalue weighted by Gasteiger charge is -2.50. The van der Waals surface area contributed by atoms with Crippen LogP contribution < -0.4 is 9.64 Å². The summed E-state index contributed by atoms with van der Waals surface area (Å²) in [5.41, 5.74) is 2.57. The molecule has 2 aromatic rings. The third-order valence-corrected chi connectivity index (χ3v) is 11.7. The molecule has 2 aliphatic carbocycles. The normalized spacial score (nSPS) is 32.1. The fourth-order valence-corrected chi connectivity index (χ4v) is 9.06. The molecule has 0 bridgehead atoms. The lowest BCUT2D eigenvalue weighted by molar-refractivity contribution is -0.138. The zero-order valence-corrected chi connectivity index (χ0v) is 27.3. The first kappa shape index (κ1) is 29.7. The minimum atomic E-state index is -1.95. The molecule has 220 valence electrons. The second-order valence-corrected chi connectivity index (χ2v) is 13.7. The Morgan fingerprint density at radius 3 is 2.36 bits per heavy atom. The second-order valence-electron chi connectivity index (χ2n) is 11.1. The van der Waals surface area contributed by atoms with Crippen molar-refractivity contribution in [3.05, 3.63) is 63.6 Å². The van der Waals surface area contributed by atoms with Gasteiger partial charge in [0.25, 0.3) is 11.8 Å². The number of phenolic OH excluding ortho intramolecular Hbond substituents is 1. The van der Waals surface area contributed by atoms with Crippen LogP contribution in [0.25, 0.3) is 0 Å². The molecule has 4 aliphatic rings. The fourth-order valence-electron chi connectivity index (χ4n) is 7.18. The standard InChI is InChI=1S/C30H26Br2Cl2N2O6/c1-3-14-4-6-16(7-5-14)36-25(38)18-9-8-17-19(22(18)26(36)39)12-29(33)27(40)35(13-31)28(41)30(29,34)23(17)15-10-20(32)24(37)21(11-15)42-2/h4-8,10-11,18-19,22-23,37H,3,9,12-13H2,1-2H3. The molecule has 0 radical (unpaired) electrons. The van der Waals surface area contributed by atoms with Gasteiger partial charge in [-0.05, 0) is 76.5 Å². The van der Waals surface area contributed by atoms with Crippen LogP contribution in [0.4, 0.5) is 5.69 Å². The Hall–Kier alpha value is -2.40. The molecular weight excluding hydrogens is 715 g/mol. The van der Waals surface area contributed by atoms with Gasteiger partial charge in [-0.1, -0.05) is 46.6 Å². The highest BCUT2D eigenvalue weighted by Gasteiger charge is 2.76. The fraction of sp³-hybridized carbons (Fsp3) is 0.400. The molecule has 42 heavy (non-hydrogen) atoms. The van der Waals surface area contributed by atoms with E-state index in [1.165, 1.54) is 12.0 Å². The van der Waals surface area contributed by atoms with E-state index >= 15 is 0 Å². The van der Waals surface area contributed by atoms with Crippen molar-refractivity contribution in [1.29, 1.82) is 0 Å². The number of phenols is 1. The summed E-state index contributed by atoms with van der Waals surface area (Å²) in [6.45, 7) is 2.02. The monoisotopic (exact) mass is 738 g/mol. The number of allylic oxidation sites excluding steroid dienone is 2. The summed E-state index contributed by atoms with van der Waals surface area (Å²) in [5, 5.41) is 10.5. The van der Waals surface area contributed by atoms with E-state index in [1.807, 2.05) is 25.1 Å². The maximum Gasteiger partial charge on any atom is 0.254 e. The number of rotatable bonds is 5. The number of aryl methyl sites for hydroxylation is 1. The van der Waals surface area contributed by atoms with Crippen LogP contribution in [0.1, 0.15) is 36.8 Å². The number of likely N-dealkylation sites (tertiary alicyclic amines) is 1. The molecule has 0 aromatic heterocycles. The first-order valence-corrected chi connectivity index (χ1v) is 16.1. The van der Waals surface area contributed by atoms with Crippen molar-refractivity contribution in [3.8, 4) is 11.5 Å². The maximum atomic E-state index is 14.1. The topological polar surface area (TPSA) is 104 Å². The van der Waals surface area contributed by atoms with E-state index < -0.39 is 45.2 Å². The summed E-state index contributed by atoms with van der Waals surface area (Å²) in [6.07, 6.45) is 2.84. The van der Waals surface area contributed by atoms with Crippen molar-refractivity contribution in [1.82, 2.24) is 4.90 Å². The summed E-state index contributed by atoms with van der Waals surface area (Å²) in [7, 11) is 1.39. The number of hydrogen-bond donors (Lipinski definition) is 1. The molecule has 2 heterocycles. The van der Waals surface area contributed by atoms with Gasteiger partial charge in [-0.3, -0.25) is 29.0 Å². The number of halogens is 4. The largest absolute Gasteiger partial charge is 0.503 e. The Morgan fingerprint density at radius 2 is 1.74 bits per heavy atom. The molecule has 1 N–H and O–H groups in total. The third kappa shape index (κ3) is 3.84. The number of aromatic hydroxyl groups is 1. The zero-order chi connectivity index (χ0) is 30.3. The summed E-state index contributed by atoms with van der Waals surface area (Å²) in [4.78, 5) is 53.9. The number of methoxy groups -OCH3 is 1. The molecule has 0 spiro atoms. The van der Waals surface area contributed by atoms with Crippen LogP contribution in [0, 0.1) is 17.8 Å². The average Bonchev–Trinajstić information content (AvgIpc) is 3.32. The Morgan fingerprint density at radius 1 is 1.05 bits per heavy atom. The number of benzene rings is 2. The summed E-state index contributed by atoms with van der Waals surface area (Å²) < 4.78 is 5.67. The van der Waals surface area contributed by atoms with Gasteiger partial charge in [-0.25, -0.2) is 0 Å². The molecule has 6 unspecified atom stereocenters. The lowest BCUT2D eigenvalue weighted by Crippen LogP contribution is -2.60. The highest BCUT2D eigenvalue weighted by molar-refractivity contribution is 9.10. The van der Waals surface area contributed by atoms with Gasteiger partial charge in [-0.2, -0.15) is 0 Å². The van der Waals surface area contributed by atoms with E-state index in [9.17, 15) is 24.3 Å². The van der Waals surface area contributed by atoms with E-state index in [4.69, 9.17) is 27.9 Å². The minimum absolute atomic E-state index is 0.104. The van der Waals surface area contributed by atoms with E-state index in [0.29, 0.717) is 16.8 Å². The Balaban J connectivity index is 1.52. The van der Waals surface area contributed by atoms with Crippen molar-refractivity contribution in [2.45, 2.75) is 41.9 Å². The number of alkyl halides is 3. The van der Waals surface area contributed by atoms with Crippen molar-refractivity contribution in [2.24, 2.45) is 17.8 Å². The zero-order valence-electron chi connectivity index (χ0n) is 22.6. The molecule has 2 saturated heterocycles. The minimum Gasteiger partial charge on any atom is -0.503 e. The van der Waals surface area contributed by atoms with Crippen LogP contribution in [-0.2, 0) is 25.6 Å². The van der Waals surface area contributed by atoms with Gasteiger partial charge in [-0.15, -0.1) is 23.2 Å². The van der Waals surface area contributed by atoms with Crippen molar-refractivity contribution < 1.29 is 29.0 Å². The smallest absolute Gasteiger partial charge is 0.254 e. The van der Waals surface area contributed by atoms with E-state index in [0.717, 1.165) is 16.9 Å². The number of carbonyl (C=O) groups is 4. The number of nitrogens with zero attached hydrogens (tertiary/aromatic N) is 2. The van der Waals surface area contributed by atoms with Crippen molar-refractivity contribution in [2.75, 3.05) is 17.5 Å². The molecule has 3 fully saturated rings. The molecule has 4 amide bonds. The number of amides is 4. The van der Waals surface area contributed by atoms with Gasteiger partial charge in [0.15, 0.2) is 21.2 Å². The van der Waals surface area contributed by atoms with Crippen LogP contribution in [0.5, 0.6) is 11.5 Å². The Bertz CT molecular complexity index is 1580. The Kier molecular flexibility index (Phi) is 7.31. The quantitative estimate of drug-likeness (QED) is 0.184. The van der Waals surface area contributed by atoms with Crippen LogP contribution >= 0.6 is 55.1 Å². The molecule has 6 rings (SSSR count). The highest BCUT2D eigenvalue weighted by atomic mass is 79.9. The molecule has 6 atom stereocenters. The molecule has 1 saturated carbocycles. The third-order valence-electron chi connectivity index (χ3n) is 9.22. The van der Waals surface area contributed by atoms with Crippen molar-refractivity contribution >= 4 is 84.4 Å². The predicted octanol–water partition coefficient (Wildman–Crippen LogP) is 5.64. The number of anilines is 1. The number of fused-ring (bicyclic) bond motifs is 4. The average molecular weight is 741 g/mol. The molecule has 2 aliphatic heterocycles. The lowest BCUT2D eigenvalue weighted by atomic mass is 9.56. The van der Waals surface area contributed by atoms with Gasteiger partial charge in [0.05, 0.1) is 34.6 Å². The van der Waals surface area contributed by atoms with E-state index in [-0.39, 0.29) is 46.1 Å². The van der Waals surface area contributed by atoms with Gasteiger partial charge >= 0.3 is 0 Å². The number of imide groups is 2. The summed E-state index contributed by atoms with van der Waals surface area (Å²) >= 11 is 21.1. The number of carbonyl (C=O) groups excluding carboxylic acids is 4. The van der Waals surface area contributed by atoms with Gasteiger partial charge < -0.3 is 9.84 Å². The first-order chi connectivity index (χ1) is 19.9. The Labute approximate surface area is 269 Å². The van der Waals surface area contributed by atoms with Crippen LogP contribution in [0.2, 0.25) is 0 Å². The summed E-state index contributed by atoms with van der Waals surface area (Å²) in [5.74, 6) is -5.11. The van der Waals surface area contributed by atoms with Gasteiger partial charge in [0, 0.05) is 5.92 Å². The maximum absolute atomic E-state index is 14.1. The van der Waals surface area contributed by atoms with E-state index in [1.54, 1.807) is 24.3 Å². The van der Waals surface area contributed by atoms with E-state index in [2.05, 4.69) is 31.9 Å². The number of hydrogen-bond acceptors (Lipinski definition) is 6. The van der Waals surface area contributed by atoms with Crippen LogP contribution in [-0.4, -0.2) is 55.9 Å². The summed E-state index contributed by atoms with van der Waals surface area (Å²) in [6, 6.07) is 10.5. The molecule has 12 heteroatoms. The molecule has 8 nitrogen and oxygen atoms in total. The molecular formula is C30H26Br2Cl2N2O6. The number of ether oxygens (including phenoxy) is 1.